The maximum Gasteiger partial charge on any atom is 0.0278 e. The van der Waals surface area contributed by atoms with Crippen LogP contribution < -0.4 is 5.32 Å². The first-order chi connectivity index (χ1) is 8.75. The molecule has 2 atom stereocenters. The van der Waals surface area contributed by atoms with Crippen molar-refractivity contribution in [1.29, 1.82) is 0 Å². The van der Waals surface area contributed by atoms with Gasteiger partial charge in [0, 0.05) is 12.6 Å². The highest BCUT2D eigenvalue weighted by molar-refractivity contribution is 4.99. The van der Waals surface area contributed by atoms with Crippen LogP contribution in [0.2, 0.25) is 0 Å². The van der Waals surface area contributed by atoms with Crippen LogP contribution in [-0.4, -0.2) is 37.1 Å². The lowest BCUT2D eigenvalue weighted by atomic mass is 9.93. The lowest BCUT2D eigenvalue weighted by Gasteiger charge is -2.38. The summed E-state index contributed by atoms with van der Waals surface area (Å²) in [6.07, 6.45) is 11.7. The molecule has 1 aliphatic heterocycles. The average Bonchev–Trinajstić information content (AvgIpc) is 2.40. The molecule has 18 heavy (non-hydrogen) atoms. The van der Waals surface area contributed by atoms with E-state index in [2.05, 4.69) is 36.2 Å². The van der Waals surface area contributed by atoms with Gasteiger partial charge < -0.3 is 5.32 Å². The van der Waals surface area contributed by atoms with E-state index >= 15 is 0 Å². The summed E-state index contributed by atoms with van der Waals surface area (Å²) >= 11 is 0. The maximum atomic E-state index is 3.63. The Kier molecular flexibility index (Phi) is 5.71. The van der Waals surface area contributed by atoms with Crippen LogP contribution in [0.25, 0.3) is 0 Å². The van der Waals surface area contributed by atoms with Gasteiger partial charge in [-0.25, -0.2) is 0 Å². The maximum absolute atomic E-state index is 3.63. The SMILES string of the molecule is CC(C)CNCC1CCCN(C2C=CCCC2)C1. The van der Waals surface area contributed by atoms with Gasteiger partial charge in [0.05, 0.1) is 0 Å². The topological polar surface area (TPSA) is 15.3 Å². The summed E-state index contributed by atoms with van der Waals surface area (Å²) in [5.41, 5.74) is 0. The normalized spacial score (nSPS) is 29.9. The van der Waals surface area contributed by atoms with E-state index < -0.39 is 0 Å². The number of rotatable bonds is 5. The second-order valence-electron chi connectivity index (χ2n) is 6.48. The van der Waals surface area contributed by atoms with E-state index in [1.807, 2.05) is 0 Å². The molecule has 0 aromatic carbocycles. The first-order valence-electron chi connectivity index (χ1n) is 7.87. The molecule has 2 nitrogen and oxygen atoms in total. The fourth-order valence-corrected chi connectivity index (χ4v) is 3.24. The Bertz CT molecular complexity index is 260. The molecule has 0 aromatic heterocycles. The van der Waals surface area contributed by atoms with Crippen molar-refractivity contribution >= 4 is 0 Å². The van der Waals surface area contributed by atoms with Crippen LogP contribution in [0.1, 0.15) is 46.0 Å². The molecule has 2 rings (SSSR count). The van der Waals surface area contributed by atoms with Crippen LogP contribution in [0.4, 0.5) is 0 Å². The van der Waals surface area contributed by atoms with E-state index in [-0.39, 0.29) is 0 Å². The Balaban J connectivity index is 1.73. The highest BCUT2D eigenvalue weighted by Gasteiger charge is 2.24. The molecule has 0 bridgehead atoms. The van der Waals surface area contributed by atoms with Gasteiger partial charge in [0.15, 0.2) is 0 Å². The van der Waals surface area contributed by atoms with Gasteiger partial charge in [-0.15, -0.1) is 0 Å². The predicted molar refractivity (Wildman–Crippen MR) is 78.8 cm³/mol. The molecule has 1 heterocycles. The number of piperidine rings is 1. The van der Waals surface area contributed by atoms with Gasteiger partial charge in [-0.3, -0.25) is 4.90 Å². The molecule has 1 N–H and O–H groups in total. The number of allylic oxidation sites excluding steroid dienone is 1. The minimum atomic E-state index is 0.742. The van der Waals surface area contributed by atoms with Gasteiger partial charge in [0.25, 0.3) is 0 Å². The second-order valence-corrected chi connectivity index (χ2v) is 6.48. The zero-order chi connectivity index (χ0) is 12.8. The Hall–Kier alpha value is -0.340. The molecule has 1 aliphatic carbocycles. The number of nitrogens with zero attached hydrogens (tertiary/aromatic N) is 1. The highest BCUT2D eigenvalue weighted by Crippen LogP contribution is 2.23. The lowest BCUT2D eigenvalue weighted by molar-refractivity contribution is 0.135. The van der Waals surface area contributed by atoms with Crippen molar-refractivity contribution < 1.29 is 0 Å². The zero-order valence-electron chi connectivity index (χ0n) is 12.2. The van der Waals surface area contributed by atoms with Crippen LogP contribution in [0.5, 0.6) is 0 Å². The van der Waals surface area contributed by atoms with Crippen molar-refractivity contribution in [3.05, 3.63) is 12.2 Å². The van der Waals surface area contributed by atoms with Crippen LogP contribution in [-0.2, 0) is 0 Å². The van der Waals surface area contributed by atoms with E-state index in [1.165, 1.54) is 58.3 Å². The second kappa shape index (κ2) is 7.30. The average molecular weight is 250 g/mol. The van der Waals surface area contributed by atoms with Crippen LogP contribution in [0.15, 0.2) is 12.2 Å². The first-order valence-corrected chi connectivity index (χ1v) is 7.87. The van der Waals surface area contributed by atoms with E-state index in [4.69, 9.17) is 0 Å². The third-order valence-corrected chi connectivity index (χ3v) is 4.23. The molecule has 0 saturated carbocycles. The van der Waals surface area contributed by atoms with Gasteiger partial charge in [0.2, 0.25) is 0 Å². The van der Waals surface area contributed by atoms with Crippen molar-refractivity contribution in [3.8, 4) is 0 Å². The Labute approximate surface area is 113 Å². The van der Waals surface area contributed by atoms with Gasteiger partial charge in [-0.2, -0.15) is 0 Å². The monoisotopic (exact) mass is 250 g/mol. The molecule has 104 valence electrons. The minimum absolute atomic E-state index is 0.742. The largest absolute Gasteiger partial charge is 0.316 e. The molecule has 1 saturated heterocycles. The summed E-state index contributed by atoms with van der Waals surface area (Å²) in [4.78, 5) is 2.72. The summed E-state index contributed by atoms with van der Waals surface area (Å²) < 4.78 is 0. The molecular weight excluding hydrogens is 220 g/mol. The third kappa shape index (κ3) is 4.40. The van der Waals surface area contributed by atoms with Crippen LogP contribution >= 0.6 is 0 Å². The molecule has 0 aromatic rings. The lowest BCUT2D eigenvalue weighted by Crippen LogP contribution is -2.45. The van der Waals surface area contributed by atoms with Gasteiger partial charge in [0.1, 0.15) is 0 Å². The van der Waals surface area contributed by atoms with Crippen molar-refractivity contribution in [2.75, 3.05) is 26.2 Å². The van der Waals surface area contributed by atoms with Crippen LogP contribution in [0.3, 0.4) is 0 Å². The number of likely N-dealkylation sites (tertiary alicyclic amines) is 1. The molecule has 2 unspecified atom stereocenters. The minimum Gasteiger partial charge on any atom is -0.316 e. The summed E-state index contributed by atoms with van der Waals surface area (Å²) in [5, 5.41) is 3.63. The van der Waals surface area contributed by atoms with Gasteiger partial charge >= 0.3 is 0 Å². The Morgan fingerprint density at radius 1 is 1.28 bits per heavy atom. The van der Waals surface area contributed by atoms with E-state index in [0.717, 1.165) is 17.9 Å². The smallest absolute Gasteiger partial charge is 0.0278 e. The first kappa shape index (κ1) is 14.1. The van der Waals surface area contributed by atoms with Crippen LogP contribution in [0, 0.1) is 11.8 Å². The van der Waals surface area contributed by atoms with Crippen molar-refractivity contribution in [1.82, 2.24) is 10.2 Å². The molecule has 1 fully saturated rings. The van der Waals surface area contributed by atoms with E-state index in [9.17, 15) is 0 Å². The van der Waals surface area contributed by atoms with E-state index in [0.29, 0.717) is 0 Å². The van der Waals surface area contributed by atoms with Gasteiger partial charge in [-0.1, -0.05) is 26.0 Å². The van der Waals surface area contributed by atoms with Gasteiger partial charge in [-0.05, 0) is 63.6 Å². The van der Waals surface area contributed by atoms with E-state index in [1.54, 1.807) is 0 Å². The number of hydrogen-bond acceptors (Lipinski definition) is 2. The molecule has 0 radical (unpaired) electrons. The summed E-state index contributed by atoms with van der Waals surface area (Å²) in [5.74, 6) is 1.64. The summed E-state index contributed by atoms with van der Waals surface area (Å²) in [6.45, 7) is 9.57. The van der Waals surface area contributed by atoms with Crippen molar-refractivity contribution in [2.24, 2.45) is 11.8 Å². The van der Waals surface area contributed by atoms with Crippen molar-refractivity contribution in [3.63, 3.8) is 0 Å². The number of nitrogens with one attached hydrogen (secondary N) is 1. The molecule has 0 spiro atoms. The highest BCUT2D eigenvalue weighted by atomic mass is 15.2. The standard InChI is InChI=1S/C16H30N2/c1-14(2)11-17-12-15-7-6-10-18(13-15)16-8-4-3-5-9-16/h4,8,14-17H,3,5-7,9-13H2,1-2H3. The Morgan fingerprint density at radius 3 is 2.89 bits per heavy atom. The molecule has 0 amide bonds. The fourth-order valence-electron chi connectivity index (χ4n) is 3.24. The third-order valence-electron chi connectivity index (χ3n) is 4.23. The zero-order valence-corrected chi connectivity index (χ0v) is 12.2. The molecular formula is C16H30N2. The van der Waals surface area contributed by atoms with Crippen molar-refractivity contribution in [2.45, 2.75) is 52.0 Å². The summed E-state index contributed by atoms with van der Waals surface area (Å²) in [7, 11) is 0. The summed E-state index contributed by atoms with van der Waals surface area (Å²) in [6, 6.07) is 0.742. The predicted octanol–water partition coefficient (Wildman–Crippen LogP) is 3.05. The number of hydrogen-bond donors (Lipinski definition) is 1. The fraction of sp³-hybridized carbons (Fsp3) is 0.875. The quantitative estimate of drug-likeness (QED) is 0.755. The molecule has 2 aliphatic rings. The Morgan fingerprint density at radius 2 is 2.17 bits per heavy atom. The molecule has 2 heteroatoms.